The van der Waals surface area contributed by atoms with Crippen molar-refractivity contribution in [2.75, 3.05) is 26.3 Å². The fourth-order valence-corrected chi connectivity index (χ4v) is 2.95. The van der Waals surface area contributed by atoms with Crippen LogP contribution in [-0.4, -0.2) is 37.3 Å². The zero-order chi connectivity index (χ0) is 18.4. The Morgan fingerprint density at radius 3 is 2.73 bits per heavy atom. The number of aromatic nitrogens is 1. The maximum atomic E-state index is 14.2. The lowest BCUT2D eigenvalue weighted by atomic mass is 9.99. The Morgan fingerprint density at radius 1 is 1.27 bits per heavy atom. The first kappa shape index (κ1) is 18.3. The van der Waals surface area contributed by atoms with Gasteiger partial charge in [0.25, 0.3) is 0 Å². The van der Waals surface area contributed by atoms with E-state index in [2.05, 4.69) is 10.3 Å². The summed E-state index contributed by atoms with van der Waals surface area (Å²) in [5.74, 6) is -0.00324. The van der Waals surface area contributed by atoms with Crippen LogP contribution in [0.4, 0.5) is 4.39 Å². The van der Waals surface area contributed by atoms with Crippen LogP contribution in [0, 0.1) is 11.7 Å². The van der Waals surface area contributed by atoms with E-state index in [1.807, 2.05) is 6.07 Å². The van der Waals surface area contributed by atoms with Crippen LogP contribution < -0.4 is 10.1 Å². The van der Waals surface area contributed by atoms with Crippen LogP contribution in [0.15, 0.2) is 36.5 Å². The fraction of sp³-hybridized carbons (Fsp3) is 0.400. The lowest BCUT2D eigenvalue weighted by Crippen LogP contribution is -2.30. The van der Waals surface area contributed by atoms with E-state index >= 15 is 0 Å². The second-order valence-electron chi connectivity index (χ2n) is 6.30. The van der Waals surface area contributed by atoms with Crippen LogP contribution >= 0.6 is 0 Å². The lowest BCUT2D eigenvalue weighted by molar-refractivity contribution is 0.0521. The summed E-state index contributed by atoms with van der Waals surface area (Å²) in [5.41, 5.74) is 1.14. The van der Waals surface area contributed by atoms with Crippen LogP contribution in [0.3, 0.4) is 0 Å². The summed E-state index contributed by atoms with van der Waals surface area (Å²) in [6.07, 6.45) is 3.89. The molecule has 1 aliphatic rings. The highest BCUT2D eigenvalue weighted by atomic mass is 19.1. The molecule has 3 rings (SSSR count). The summed E-state index contributed by atoms with van der Waals surface area (Å²) in [6, 6.07) is 8.00. The summed E-state index contributed by atoms with van der Waals surface area (Å²) in [5, 5.41) is 3.33. The van der Waals surface area contributed by atoms with Gasteiger partial charge >= 0.3 is 5.97 Å². The maximum Gasteiger partial charge on any atom is 0.341 e. The van der Waals surface area contributed by atoms with E-state index < -0.39 is 11.8 Å². The molecule has 1 aromatic heterocycles. The third-order valence-electron chi connectivity index (χ3n) is 4.44. The van der Waals surface area contributed by atoms with Crippen molar-refractivity contribution in [3.8, 4) is 17.0 Å². The third kappa shape index (κ3) is 4.58. The van der Waals surface area contributed by atoms with Crippen molar-refractivity contribution in [3.63, 3.8) is 0 Å². The van der Waals surface area contributed by atoms with Crippen LogP contribution in [0.25, 0.3) is 11.3 Å². The summed E-state index contributed by atoms with van der Waals surface area (Å²) in [6.45, 7) is 4.66. The Bertz CT molecular complexity index is 743. The van der Waals surface area contributed by atoms with Gasteiger partial charge in [0.05, 0.1) is 30.7 Å². The first-order chi connectivity index (χ1) is 12.7. The molecule has 5 nitrogen and oxygen atoms in total. The molecular formula is C20H23FN2O3. The molecule has 1 N–H and O–H groups in total. The summed E-state index contributed by atoms with van der Waals surface area (Å²) in [4.78, 5) is 16.0. The van der Waals surface area contributed by atoms with Crippen molar-refractivity contribution in [1.82, 2.24) is 10.3 Å². The third-order valence-corrected chi connectivity index (χ3v) is 4.44. The second-order valence-corrected chi connectivity index (χ2v) is 6.30. The Labute approximate surface area is 152 Å². The molecule has 0 spiro atoms. The van der Waals surface area contributed by atoms with Crippen molar-refractivity contribution in [1.29, 1.82) is 0 Å². The highest BCUT2D eigenvalue weighted by Crippen LogP contribution is 2.23. The number of esters is 1. The van der Waals surface area contributed by atoms with Crippen molar-refractivity contribution < 1.29 is 18.7 Å². The van der Waals surface area contributed by atoms with Gasteiger partial charge in [-0.15, -0.1) is 0 Å². The highest BCUT2D eigenvalue weighted by Gasteiger charge is 2.15. The number of hydrogen-bond donors (Lipinski definition) is 1. The standard InChI is InChI=1S/C20H23FN2O3/c1-2-25-20(24)17-5-3-15(11-18(17)21)19-6-4-16(12-23-19)26-13-14-7-9-22-10-8-14/h3-6,11-12,14,22H,2,7-10,13H2,1H3. The van der Waals surface area contributed by atoms with E-state index in [9.17, 15) is 9.18 Å². The van der Waals surface area contributed by atoms with Crippen LogP contribution in [0.1, 0.15) is 30.1 Å². The van der Waals surface area contributed by atoms with Gasteiger partial charge in [0.15, 0.2) is 0 Å². The quantitative estimate of drug-likeness (QED) is 0.802. The van der Waals surface area contributed by atoms with Gasteiger partial charge in [-0.25, -0.2) is 9.18 Å². The van der Waals surface area contributed by atoms with E-state index in [0.717, 1.165) is 25.9 Å². The monoisotopic (exact) mass is 358 g/mol. The normalized spacial score (nSPS) is 14.8. The topological polar surface area (TPSA) is 60.5 Å². The van der Waals surface area contributed by atoms with Crippen LogP contribution in [-0.2, 0) is 4.74 Å². The van der Waals surface area contributed by atoms with Gasteiger partial charge in [-0.05, 0) is 63.0 Å². The fourth-order valence-electron chi connectivity index (χ4n) is 2.95. The number of nitrogens with zero attached hydrogens (tertiary/aromatic N) is 1. The minimum Gasteiger partial charge on any atom is -0.492 e. The molecule has 1 aromatic carbocycles. The van der Waals surface area contributed by atoms with Crippen molar-refractivity contribution in [3.05, 3.63) is 47.9 Å². The Hall–Kier alpha value is -2.47. The number of hydrogen-bond acceptors (Lipinski definition) is 5. The minimum absolute atomic E-state index is 0.0717. The predicted molar refractivity (Wildman–Crippen MR) is 96.7 cm³/mol. The number of halogens is 1. The number of ether oxygens (including phenoxy) is 2. The number of piperidine rings is 1. The van der Waals surface area contributed by atoms with Gasteiger partial charge in [-0.3, -0.25) is 4.98 Å². The molecule has 0 atom stereocenters. The first-order valence-electron chi connectivity index (χ1n) is 8.94. The van der Waals surface area contributed by atoms with Gasteiger partial charge in [-0.1, -0.05) is 6.07 Å². The van der Waals surface area contributed by atoms with Crippen LogP contribution in [0.5, 0.6) is 5.75 Å². The van der Waals surface area contributed by atoms with Gasteiger partial charge in [-0.2, -0.15) is 0 Å². The molecule has 6 heteroatoms. The molecule has 1 saturated heterocycles. The van der Waals surface area contributed by atoms with Gasteiger partial charge in [0.2, 0.25) is 0 Å². The van der Waals surface area contributed by atoms with E-state index in [0.29, 0.717) is 29.5 Å². The molecule has 0 radical (unpaired) electrons. The Balaban J connectivity index is 1.64. The number of carbonyl (C=O) groups is 1. The predicted octanol–water partition coefficient (Wildman–Crippen LogP) is 3.44. The first-order valence-corrected chi connectivity index (χ1v) is 8.94. The smallest absolute Gasteiger partial charge is 0.341 e. The number of pyridine rings is 1. The summed E-state index contributed by atoms with van der Waals surface area (Å²) in [7, 11) is 0. The van der Waals surface area contributed by atoms with E-state index in [-0.39, 0.29) is 12.2 Å². The average molecular weight is 358 g/mol. The number of rotatable bonds is 6. The SMILES string of the molecule is CCOC(=O)c1ccc(-c2ccc(OCC3CCNCC3)cn2)cc1F. The summed E-state index contributed by atoms with van der Waals surface area (Å²) >= 11 is 0. The zero-order valence-electron chi connectivity index (χ0n) is 14.8. The lowest BCUT2D eigenvalue weighted by Gasteiger charge is -2.22. The average Bonchev–Trinajstić information content (AvgIpc) is 2.67. The van der Waals surface area contributed by atoms with Crippen molar-refractivity contribution in [2.45, 2.75) is 19.8 Å². The number of nitrogens with one attached hydrogen (secondary N) is 1. The molecule has 0 bridgehead atoms. The van der Waals surface area contributed by atoms with Gasteiger partial charge in [0.1, 0.15) is 11.6 Å². The molecule has 0 unspecified atom stereocenters. The molecule has 1 aliphatic heterocycles. The Morgan fingerprint density at radius 2 is 2.08 bits per heavy atom. The van der Waals surface area contributed by atoms with Crippen LogP contribution in [0.2, 0.25) is 0 Å². The zero-order valence-corrected chi connectivity index (χ0v) is 14.8. The van der Waals surface area contributed by atoms with E-state index in [1.165, 1.54) is 12.1 Å². The number of carbonyl (C=O) groups excluding carboxylic acids is 1. The maximum absolute atomic E-state index is 14.2. The molecular weight excluding hydrogens is 335 g/mol. The minimum atomic E-state index is -0.661. The van der Waals surface area contributed by atoms with E-state index in [4.69, 9.17) is 9.47 Å². The van der Waals surface area contributed by atoms with Gasteiger partial charge in [0, 0.05) is 5.56 Å². The van der Waals surface area contributed by atoms with E-state index in [1.54, 1.807) is 25.3 Å². The molecule has 2 aromatic rings. The summed E-state index contributed by atoms with van der Waals surface area (Å²) < 4.78 is 24.8. The Kier molecular flexibility index (Phi) is 6.17. The van der Waals surface area contributed by atoms with Crippen molar-refractivity contribution in [2.24, 2.45) is 5.92 Å². The molecule has 1 fully saturated rings. The second kappa shape index (κ2) is 8.76. The van der Waals surface area contributed by atoms with Gasteiger partial charge < -0.3 is 14.8 Å². The molecule has 0 aliphatic carbocycles. The molecule has 26 heavy (non-hydrogen) atoms. The van der Waals surface area contributed by atoms with Crippen molar-refractivity contribution >= 4 is 5.97 Å². The molecule has 138 valence electrons. The molecule has 0 amide bonds. The highest BCUT2D eigenvalue weighted by molar-refractivity contribution is 5.90. The molecule has 0 saturated carbocycles. The molecule has 2 heterocycles. The number of benzene rings is 1. The largest absolute Gasteiger partial charge is 0.492 e.